The zero-order valence-corrected chi connectivity index (χ0v) is 15.0. The van der Waals surface area contributed by atoms with Gasteiger partial charge in [0.2, 0.25) is 0 Å². The Labute approximate surface area is 154 Å². The van der Waals surface area contributed by atoms with Crippen molar-refractivity contribution in [1.29, 1.82) is 0 Å². The summed E-state index contributed by atoms with van der Waals surface area (Å²) in [5.41, 5.74) is 6.63. The number of nitrogens with zero attached hydrogens (tertiary/aromatic N) is 3. The van der Waals surface area contributed by atoms with E-state index in [2.05, 4.69) is 70.1 Å². The number of rotatable bonds is 3. The molecule has 26 heavy (non-hydrogen) atoms. The molecule has 5 heteroatoms. The number of hydrogen-bond donors (Lipinski definition) is 1. The van der Waals surface area contributed by atoms with Gasteiger partial charge in [-0.1, -0.05) is 72.0 Å². The molecule has 2 aromatic carbocycles. The normalized spacial score (nSPS) is 11.3. The molecule has 0 amide bonds. The number of hydrogen-bond acceptors (Lipinski definition) is 3. The first-order valence-electron chi connectivity index (χ1n) is 8.45. The first-order chi connectivity index (χ1) is 12.8. The molecule has 0 radical (unpaired) electrons. The molecular formula is C21H16N4S. The minimum atomic E-state index is 0.991. The minimum Gasteiger partial charge on any atom is -0.286 e. The summed E-state index contributed by atoms with van der Waals surface area (Å²) in [6.45, 7) is 2.14. The molecule has 0 spiro atoms. The SMILES string of the molecule is Cc1c(-c2ccn[nH]2)sc2nc(-c3ccccc3)c(-c3ccccc3)n12. The van der Waals surface area contributed by atoms with Crippen molar-refractivity contribution in [2.75, 3.05) is 0 Å². The number of nitrogens with one attached hydrogen (secondary N) is 1. The van der Waals surface area contributed by atoms with Crippen molar-refractivity contribution in [3.8, 4) is 33.1 Å². The average Bonchev–Trinajstić information content (AvgIpc) is 3.40. The molecule has 5 aromatic rings. The van der Waals surface area contributed by atoms with Gasteiger partial charge in [0.25, 0.3) is 0 Å². The van der Waals surface area contributed by atoms with Crippen molar-refractivity contribution in [2.45, 2.75) is 6.92 Å². The number of thiazole rings is 1. The van der Waals surface area contributed by atoms with Crippen LogP contribution in [0.4, 0.5) is 0 Å². The Morgan fingerprint density at radius 1 is 0.885 bits per heavy atom. The Kier molecular flexibility index (Phi) is 3.47. The summed E-state index contributed by atoms with van der Waals surface area (Å²) in [5, 5.41) is 7.16. The Morgan fingerprint density at radius 3 is 2.23 bits per heavy atom. The average molecular weight is 356 g/mol. The molecule has 0 fully saturated rings. The monoisotopic (exact) mass is 356 g/mol. The predicted molar refractivity (Wildman–Crippen MR) is 106 cm³/mol. The fourth-order valence-electron chi connectivity index (χ4n) is 3.34. The minimum absolute atomic E-state index is 0.991. The fourth-order valence-corrected chi connectivity index (χ4v) is 4.44. The fraction of sp³-hybridized carbons (Fsp3) is 0.0476. The van der Waals surface area contributed by atoms with Gasteiger partial charge in [0.05, 0.1) is 22.0 Å². The van der Waals surface area contributed by atoms with Crippen molar-refractivity contribution < 1.29 is 0 Å². The lowest BCUT2D eigenvalue weighted by molar-refractivity contribution is 1.09. The number of aromatic amines is 1. The van der Waals surface area contributed by atoms with E-state index in [0.717, 1.165) is 33.2 Å². The van der Waals surface area contributed by atoms with E-state index < -0.39 is 0 Å². The number of imidazole rings is 1. The van der Waals surface area contributed by atoms with Gasteiger partial charge in [-0.3, -0.25) is 9.50 Å². The number of aryl methyl sites for hydroxylation is 1. The molecule has 3 aromatic heterocycles. The van der Waals surface area contributed by atoms with E-state index in [-0.39, 0.29) is 0 Å². The van der Waals surface area contributed by atoms with Gasteiger partial charge < -0.3 is 0 Å². The van der Waals surface area contributed by atoms with Crippen molar-refractivity contribution in [3.05, 3.63) is 78.6 Å². The topological polar surface area (TPSA) is 46.0 Å². The van der Waals surface area contributed by atoms with Gasteiger partial charge >= 0.3 is 0 Å². The van der Waals surface area contributed by atoms with E-state index >= 15 is 0 Å². The third kappa shape index (κ3) is 2.29. The van der Waals surface area contributed by atoms with Crippen LogP contribution in [-0.2, 0) is 0 Å². The van der Waals surface area contributed by atoms with Gasteiger partial charge in [-0.15, -0.1) is 0 Å². The summed E-state index contributed by atoms with van der Waals surface area (Å²) in [4.78, 5) is 7.16. The lowest BCUT2D eigenvalue weighted by Gasteiger charge is -2.07. The van der Waals surface area contributed by atoms with E-state index in [0.29, 0.717) is 0 Å². The second-order valence-electron chi connectivity index (χ2n) is 6.15. The molecule has 5 rings (SSSR count). The van der Waals surface area contributed by atoms with Crippen molar-refractivity contribution >= 4 is 16.3 Å². The number of benzene rings is 2. The molecule has 0 bridgehead atoms. The third-order valence-corrected chi connectivity index (χ3v) is 5.72. The van der Waals surface area contributed by atoms with E-state index in [1.54, 1.807) is 17.5 Å². The summed E-state index contributed by atoms with van der Waals surface area (Å²) in [6.07, 6.45) is 1.78. The highest BCUT2D eigenvalue weighted by Gasteiger charge is 2.21. The lowest BCUT2D eigenvalue weighted by Crippen LogP contribution is -1.92. The molecule has 0 aliphatic heterocycles. The number of H-pyrrole nitrogens is 1. The van der Waals surface area contributed by atoms with Crippen LogP contribution < -0.4 is 0 Å². The molecule has 0 aliphatic carbocycles. The number of fused-ring (bicyclic) bond motifs is 1. The molecule has 1 N–H and O–H groups in total. The summed E-state index contributed by atoms with van der Waals surface area (Å²) in [6, 6.07) is 22.8. The summed E-state index contributed by atoms with van der Waals surface area (Å²) < 4.78 is 2.26. The highest BCUT2D eigenvalue weighted by molar-refractivity contribution is 7.20. The van der Waals surface area contributed by atoms with E-state index in [4.69, 9.17) is 4.98 Å². The molecular weight excluding hydrogens is 340 g/mol. The highest BCUT2D eigenvalue weighted by atomic mass is 32.1. The first-order valence-corrected chi connectivity index (χ1v) is 9.27. The van der Waals surface area contributed by atoms with Crippen LogP contribution in [0.3, 0.4) is 0 Å². The maximum absolute atomic E-state index is 5.00. The van der Waals surface area contributed by atoms with Gasteiger partial charge in [-0.2, -0.15) is 5.10 Å². The van der Waals surface area contributed by atoms with E-state index in [1.165, 1.54) is 10.6 Å². The molecule has 3 heterocycles. The van der Waals surface area contributed by atoms with Crippen LogP contribution >= 0.6 is 11.3 Å². The predicted octanol–water partition coefficient (Wildman–Crippen LogP) is 5.43. The summed E-state index contributed by atoms with van der Waals surface area (Å²) >= 11 is 1.69. The zero-order chi connectivity index (χ0) is 17.5. The molecule has 126 valence electrons. The first kappa shape index (κ1) is 15.1. The van der Waals surface area contributed by atoms with Crippen LogP contribution in [0.5, 0.6) is 0 Å². The van der Waals surface area contributed by atoms with Gasteiger partial charge in [0, 0.05) is 23.0 Å². The Bertz CT molecular complexity index is 1170. The van der Waals surface area contributed by atoms with Crippen LogP contribution in [0, 0.1) is 6.92 Å². The van der Waals surface area contributed by atoms with Gasteiger partial charge in [-0.25, -0.2) is 4.98 Å². The van der Waals surface area contributed by atoms with E-state index in [1.807, 2.05) is 18.2 Å². The second-order valence-corrected chi connectivity index (χ2v) is 7.12. The maximum Gasteiger partial charge on any atom is 0.195 e. The zero-order valence-electron chi connectivity index (χ0n) is 14.2. The lowest BCUT2D eigenvalue weighted by atomic mass is 10.0. The van der Waals surface area contributed by atoms with Crippen molar-refractivity contribution in [2.24, 2.45) is 0 Å². The smallest absolute Gasteiger partial charge is 0.195 e. The highest BCUT2D eigenvalue weighted by Crippen LogP contribution is 2.39. The van der Waals surface area contributed by atoms with Crippen LogP contribution in [0.15, 0.2) is 72.9 Å². The van der Waals surface area contributed by atoms with Crippen molar-refractivity contribution in [3.63, 3.8) is 0 Å². The Morgan fingerprint density at radius 2 is 1.58 bits per heavy atom. The van der Waals surface area contributed by atoms with Crippen LogP contribution in [0.25, 0.3) is 38.0 Å². The largest absolute Gasteiger partial charge is 0.286 e. The molecule has 0 saturated carbocycles. The molecule has 0 unspecified atom stereocenters. The van der Waals surface area contributed by atoms with Crippen LogP contribution in [-0.4, -0.2) is 19.6 Å². The Hall–Kier alpha value is -3.18. The third-order valence-electron chi connectivity index (χ3n) is 4.54. The second kappa shape index (κ2) is 5.97. The molecule has 0 atom stereocenters. The molecule has 4 nitrogen and oxygen atoms in total. The standard InChI is InChI=1S/C21H16N4S/c1-14-20(17-12-13-22-24-17)26-21-23-18(15-8-4-2-5-9-15)19(25(14)21)16-10-6-3-7-11-16/h2-13H,1H3,(H,22,24). The van der Waals surface area contributed by atoms with Gasteiger partial charge in [0.15, 0.2) is 4.96 Å². The molecule has 0 saturated heterocycles. The number of aromatic nitrogens is 4. The Balaban J connectivity index is 1.84. The van der Waals surface area contributed by atoms with Crippen LogP contribution in [0.1, 0.15) is 5.69 Å². The maximum atomic E-state index is 5.00. The van der Waals surface area contributed by atoms with Crippen molar-refractivity contribution in [1.82, 2.24) is 19.6 Å². The quantitative estimate of drug-likeness (QED) is 0.468. The summed E-state index contributed by atoms with van der Waals surface area (Å²) in [7, 11) is 0. The van der Waals surface area contributed by atoms with Crippen LogP contribution in [0.2, 0.25) is 0 Å². The molecule has 0 aliphatic rings. The van der Waals surface area contributed by atoms with Gasteiger partial charge in [0.1, 0.15) is 0 Å². The van der Waals surface area contributed by atoms with Gasteiger partial charge in [-0.05, 0) is 13.0 Å². The summed E-state index contributed by atoms with van der Waals surface area (Å²) in [5.74, 6) is 0. The van der Waals surface area contributed by atoms with E-state index in [9.17, 15) is 0 Å².